The maximum Gasteiger partial charge on any atom is 0.361 e. The monoisotopic (exact) mass is 268 g/mol. The first-order valence-electron chi connectivity index (χ1n) is 5.73. The SMILES string of the molecule is CCOP(=O)(OCC)[C@H](O)[C@H]1COC(C)(C)O1. The summed E-state index contributed by atoms with van der Waals surface area (Å²) >= 11 is 0. The van der Waals surface area contributed by atoms with Crippen LogP contribution in [0.5, 0.6) is 0 Å². The van der Waals surface area contributed by atoms with E-state index in [1.165, 1.54) is 0 Å². The maximum atomic E-state index is 12.3. The smallest absolute Gasteiger partial charge is 0.361 e. The zero-order valence-electron chi connectivity index (χ0n) is 10.7. The molecule has 0 aromatic heterocycles. The van der Waals surface area contributed by atoms with Crippen molar-refractivity contribution in [1.82, 2.24) is 0 Å². The Morgan fingerprint density at radius 3 is 2.29 bits per heavy atom. The van der Waals surface area contributed by atoms with Crippen LogP contribution in [0.2, 0.25) is 0 Å². The summed E-state index contributed by atoms with van der Waals surface area (Å²) in [5.74, 6) is -2.11. The van der Waals surface area contributed by atoms with Gasteiger partial charge in [0.15, 0.2) is 11.6 Å². The minimum atomic E-state index is -3.57. The Morgan fingerprint density at radius 2 is 1.94 bits per heavy atom. The summed E-state index contributed by atoms with van der Waals surface area (Å²) < 4.78 is 33.2. The number of aliphatic hydroxyl groups excluding tert-OH is 1. The highest BCUT2D eigenvalue weighted by Gasteiger charge is 2.46. The predicted molar refractivity (Wildman–Crippen MR) is 61.8 cm³/mol. The lowest BCUT2D eigenvalue weighted by Crippen LogP contribution is -2.31. The Morgan fingerprint density at radius 1 is 1.41 bits per heavy atom. The summed E-state index contributed by atoms with van der Waals surface area (Å²) in [4.78, 5) is 0. The molecule has 0 radical (unpaired) electrons. The lowest BCUT2D eigenvalue weighted by Gasteiger charge is -2.26. The topological polar surface area (TPSA) is 74.2 Å². The van der Waals surface area contributed by atoms with Crippen LogP contribution in [0.25, 0.3) is 0 Å². The summed E-state index contributed by atoms with van der Waals surface area (Å²) in [6.45, 7) is 7.40. The van der Waals surface area contributed by atoms with E-state index in [2.05, 4.69) is 0 Å². The van der Waals surface area contributed by atoms with Crippen molar-refractivity contribution in [3.05, 3.63) is 0 Å². The summed E-state index contributed by atoms with van der Waals surface area (Å²) in [5.41, 5.74) is 0. The lowest BCUT2D eigenvalue weighted by molar-refractivity contribution is -0.146. The van der Waals surface area contributed by atoms with Crippen molar-refractivity contribution in [2.45, 2.75) is 45.4 Å². The number of hydrogen-bond acceptors (Lipinski definition) is 6. The molecule has 7 heteroatoms. The van der Waals surface area contributed by atoms with Gasteiger partial charge in [0, 0.05) is 0 Å². The fourth-order valence-corrected chi connectivity index (χ4v) is 3.27. The minimum Gasteiger partial charge on any atom is -0.378 e. The van der Waals surface area contributed by atoms with Crippen molar-refractivity contribution in [3.63, 3.8) is 0 Å². The van der Waals surface area contributed by atoms with Crippen LogP contribution in [-0.4, -0.2) is 42.7 Å². The van der Waals surface area contributed by atoms with Crippen LogP contribution in [0.15, 0.2) is 0 Å². The molecule has 1 N–H and O–H groups in total. The molecule has 0 aromatic carbocycles. The molecule has 1 fully saturated rings. The van der Waals surface area contributed by atoms with Gasteiger partial charge in [-0.3, -0.25) is 4.57 Å². The first-order valence-corrected chi connectivity index (χ1v) is 7.34. The third-order valence-electron chi connectivity index (χ3n) is 2.31. The molecule has 1 rings (SSSR count). The standard InChI is InChI=1S/C10H21O6P/c1-5-14-17(12,15-6-2)9(11)8-7-13-10(3,4)16-8/h8-9,11H,5-7H2,1-4H3/t8-,9+/m1/s1. The Labute approximate surface area is 102 Å². The van der Waals surface area contributed by atoms with E-state index in [9.17, 15) is 9.67 Å². The van der Waals surface area contributed by atoms with Crippen molar-refractivity contribution >= 4 is 7.60 Å². The van der Waals surface area contributed by atoms with Crippen LogP contribution in [0.4, 0.5) is 0 Å². The van der Waals surface area contributed by atoms with Crippen LogP contribution >= 0.6 is 7.60 Å². The average Bonchev–Trinajstić information content (AvgIpc) is 2.58. The van der Waals surface area contributed by atoms with E-state index in [0.717, 1.165) is 0 Å². The van der Waals surface area contributed by atoms with Crippen molar-refractivity contribution in [1.29, 1.82) is 0 Å². The predicted octanol–water partition coefficient (Wildman–Crippen LogP) is 1.72. The molecule has 0 amide bonds. The first kappa shape index (κ1) is 15.1. The number of hydrogen-bond donors (Lipinski definition) is 1. The van der Waals surface area contributed by atoms with E-state index >= 15 is 0 Å². The van der Waals surface area contributed by atoms with Gasteiger partial charge in [0.2, 0.25) is 0 Å². The second kappa shape index (κ2) is 5.78. The molecule has 17 heavy (non-hydrogen) atoms. The van der Waals surface area contributed by atoms with Crippen LogP contribution in [0, 0.1) is 0 Å². The zero-order chi connectivity index (χ0) is 13.1. The van der Waals surface area contributed by atoms with E-state index in [4.69, 9.17) is 18.5 Å². The fourth-order valence-electron chi connectivity index (χ4n) is 1.62. The number of rotatable bonds is 6. The molecule has 1 heterocycles. The van der Waals surface area contributed by atoms with Crippen molar-refractivity contribution in [3.8, 4) is 0 Å². The van der Waals surface area contributed by atoms with Crippen molar-refractivity contribution in [2.75, 3.05) is 19.8 Å². The lowest BCUT2D eigenvalue weighted by atomic mass is 10.4. The third-order valence-corrected chi connectivity index (χ3v) is 4.52. The molecule has 1 saturated heterocycles. The van der Waals surface area contributed by atoms with Gasteiger partial charge in [0.25, 0.3) is 0 Å². The number of ether oxygens (including phenoxy) is 2. The molecule has 0 unspecified atom stereocenters. The second-order valence-corrected chi connectivity index (χ2v) is 6.28. The second-order valence-electron chi connectivity index (χ2n) is 4.16. The Hall–Kier alpha value is 0.0300. The molecule has 102 valence electrons. The molecule has 2 atom stereocenters. The quantitative estimate of drug-likeness (QED) is 0.739. The van der Waals surface area contributed by atoms with Gasteiger partial charge >= 0.3 is 7.60 Å². The molecule has 1 aliphatic rings. The van der Waals surface area contributed by atoms with Gasteiger partial charge < -0.3 is 23.6 Å². The van der Waals surface area contributed by atoms with Crippen LogP contribution in [0.1, 0.15) is 27.7 Å². The highest BCUT2D eigenvalue weighted by atomic mass is 31.2. The van der Waals surface area contributed by atoms with Crippen LogP contribution < -0.4 is 0 Å². The molecule has 0 spiro atoms. The molecular weight excluding hydrogens is 247 g/mol. The van der Waals surface area contributed by atoms with E-state index in [0.29, 0.717) is 0 Å². The Bertz CT molecular complexity index is 283. The summed E-state index contributed by atoms with van der Waals surface area (Å²) in [5, 5.41) is 10.0. The minimum absolute atomic E-state index is 0.165. The van der Waals surface area contributed by atoms with Crippen LogP contribution in [-0.2, 0) is 23.1 Å². The van der Waals surface area contributed by atoms with Gasteiger partial charge in [0.1, 0.15) is 6.10 Å². The van der Waals surface area contributed by atoms with Gasteiger partial charge in [-0.15, -0.1) is 0 Å². The Kier molecular flexibility index (Phi) is 5.13. The van der Waals surface area contributed by atoms with Gasteiger partial charge in [-0.25, -0.2) is 0 Å². The van der Waals surface area contributed by atoms with E-state index in [1.807, 2.05) is 0 Å². The molecule has 0 aliphatic carbocycles. The van der Waals surface area contributed by atoms with Crippen molar-refractivity contribution < 1.29 is 28.2 Å². The molecule has 6 nitrogen and oxygen atoms in total. The maximum absolute atomic E-state index is 12.3. The highest BCUT2D eigenvalue weighted by molar-refractivity contribution is 7.54. The summed E-state index contributed by atoms with van der Waals surface area (Å²) in [7, 11) is -3.57. The zero-order valence-corrected chi connectivity index (χ0v) is 11.6. The van der Waals surface area contributed by atoms with Gasteiger partial charge in [-0.05, 0) is 27.7 Å². The van der Waals surface area contributed by atoms with E-state index < -0.39 is 25.3 Å². The van der Waals surface area contributed by atoms with E-state index in [1.54, 1.807) is 27.7 Å². The fraction of sp³-hybridized carbons (Fsp3) is 1.00. The largest absolute Gasteiger partial charge is 0.378 e. The molecule has 0 saturated carbocycles. The molecule has 0 bridgehead atoms. The molecular formula is C10H21O6P. The summed E-state index contributed by atoms with van der Waals surface area (Å²) in [6.07, 6.45) is -0.700. The highest BCUT2D eigenvalue weighted by Crippen LogP contribution is 2.54. The van der Waals surface area contributed by atoms with Gasteiger partial charge in [-0.1, -0.05) is 0 Å². The Balaban J connectivity index is 2.72. The normalized spacial score (nSPS) is 26.1. The molecule has 0 aromatic rings. The summed E-state index contributed by atoms with van der Waals surface area (Å²) in [6, 6.07) is 0. The van der Waals surface area contributed by atoms with E-state index in [-0.39, 0.29) is 19.8 Å². The third kappa shape index (κ3) is 3.74. The van der Waals surface area contributed by atoms with Gasteiger partial charge in [-0.2, -0.15) is 0 Å². The first-order chi connectivity index (χ1) is 7.84. The molecule has 1 aliphatic heterocycles. The van der Waals surface area contributed by atoms with Crippen LogP contribution in [0.3, 0.4) is 0 Å². The van der Waals surface area contributed by atoms with Crippen molar-refractivity contribution in [2.24, 2.45) is 0 Å². The number of aliphatic hydroxyl groups is 1. The van der Waals surface area contributed by atoms with Gasteiger partial charge in [0.05, 0.1) is 19.8 Å². The average molecular weight is 268 g/mol.